The number of aromatic nitrogens is 2. The fourth-order valence-corrected chi connectivity index (χ4v) is 4.54. The number of nitrogens with zero attached hydrogens (tertiary/aromatic N) is 2. The van der Waals surface area contributed by atoms with E-state index in [1.807, 2.05) is 24.3 Å². The Hall–Kier alpha value is -1.50. The number of halogens is 1. The van der Waals surface area contributed by atoms with Crippen LogP contribution in [-0.2, 0) is 5.60 Å². The van der Waals surface area contributed by atoms with Gasteiger partial charge in [0.05, 0.1) is 22.4 Å². The summed E-state index contributed by atoms with van der Waals surface area (Å²) in [5, 5.41) is 12.3. The van der Waals surface area contributed by atoms with Crippen molar-refractivity contribution in [3.63, 3.8) is 0 Å². The maximum Gasteiger partial charge on any atom is 0.146 e. The molecule has 6 heteroatoms. The second-order valence-electron chi connectivity index (χ2n) is 5.94. The van der Waals surface area contributed by atoms with E-state index in [1.165, 1.54) is 11.3 Å². The standard InChI is InChI=1S/C19H21BrN2O2S/c1-3-9-19(23,13-12-21-10-8-16(13)24-11-4-2)18-22-15-7-5-6-14(20)17(15)25-18/h5-8,10,12,23H,3-4,9,11H2,1-2H3. The number of benzene rings is 1. The van der Waals surface area contributed by atoms with Gasteiger partial charge in [-0.15, -0.1) is 11.3 Å². The molecule has 0 saturated heterocycles. The quantitative estimate of drug-likeness (QED) is 0.564. The van der Waals surface area contributed by atoms with E-state index in [4.69, 9.17) is 9.72 Å². The largest absolute Gasteiger partial charge is 0.493 e. The average molecular weight is 421 g/mol. The molecule has 0 aliphatic carbocycles. The third-order valence-corrected chi connectivity index (χ3v) is 6.20. The molecule has 1 aromatic carbocycles. The Morgan fingerprint density at radius 3 is 2.80 bits per heavy atom. The number of rotatable bonds is 7. The van der Waals surface area contributed by atoms with Crippen LogP contribution in [0.1, 0.15) is 43.7 Å². The number of ether oxygens (including phenoxy) is 1. The third kappa shape index (κ3) is 3.57. The van der Waals surface area contributed by atoms with E-state index in [9.17, 15) is 5.11 Å². The van der Waals surface area contributed by atoms with E-state index in [1.54, 1.807) is 12.4 Å². The Morgan fingerprint density at radius 1 is 1.24 bits per heavy atom. The summed E-state index contributed by atoms with van der Waals surface area (Å²) in [4.78, 5) is 8.94. The Bertz CT molecular complexity index is 868. The van der Waals surface area contributed by atoms with Crippen LogP contribution in [0.5, 0.6) is 5.75 Å². The van der Waals surface area contributed by atoms with Crippen molar-refractivity contribution >= 4 is 37.5 Å². The minimum Gasteiger partial charge on any atom is -0.493 e. The van der Waals surface area contributed by atoms with Gasteiger partial charge in [0.15, 0.2) is 0 Å². The molecule has 3 aromatic rings. The predicted molar refractivity (Wildman–Crippen MR) is 105 cm³/mol. The molecule has 1 atom stereocenters. The second-order valence-corrected chi connectivity index (χ2v) is 7.79. The zero-order chi connectivity index (χ0) is 17.9. The highest BCUT2D eigenvalue weighted by atomic mass is 79.9. The molecule has 0 radical (unpaired) electrons. The van der Waals surface area contributed by atoms with Gasteiger partial charge < -0.3 is 9.84 Å². The van der Waals surface area contributed by atoms with Crippen LogP contribution in [-0.4, -0.2) is 21.7 Å². The lowest BCUT2D eigenvalue weighted by Gasteiger charge is -2.27. The molecular formula is C19H21BrN2O2S. The molecule has 0 aliphatic heterocycles. The Morgan fingerprint density at radius 2 is 2.08 bits per heavy atom. The van der Waals surface area contributed by atoms with Gasteiger partial charge >= 0.3 is 0 Å². The Kier molecular flexibility index (Phi) is 5.71. The molecule has 0 bridgehead atoms. The highest BCUT2D eigenvalue weighted by Crippen LogP contribution is 2.43. The summed E-state index contributed by atoms with van der Waals surface area (Å²) in [7, 11) is 0. The highest BCUT2D eigenvalue weighted by Gasteiger charge is 2.37. The summed E-state index contributed by atoms with van der Waals surface area (Å²) in [6, 6.07) is 7.72. The van der Waals surface area contributed by atoms with Gasteiger partial charge in [-0.1, -0.05) is 26.3 Å². The van der Waals surface area contributed by atoms with E-state index in [0.717, 1.165) is 27.5 Å². The van der Waals surface area contributed by atoms with Crippen molar-refractivity contribution in [1.82, 2.24) is 9.97 Å². The number of fused-ring (bicyclic) bond motifs is 1. The van der Waals surface area contributed by atoms with Gasteiger partial charge in [-0.2, -0.15) is 0 Å². The Balaban J connectivity index is 2.14. The van der Waals surface area contributed by atoms with Gasteiger partial charge in [0.25, 0.3) is 0 Å². The molecule has 132 valence electrons. The number of pyridine rings is 1. The average Bonchev–Trinajstić information content (AvgIpc) is 3.07. The van der Waals surface area contributed by atoms with E-state index in [2.05, 4.69) is 34.8 Å². The molecule has 2 aromatic heterocycles. The maximum atomic E-state index is 11.6. The summed E-state index contributed by atoms with van der Waals surface area (Å²) in [5.74, 6) is 0.672. The van der Waals surface area contributed by atoms with Gasteiger partial charge in [0.1, 0.15) is 16.4 Å². The van der Waals surface area contributed by atoms with Crippen LogP contribution >= 0.6 is 27.3 Å². The second kappa shape index (κ2) is 7.81. The number of hydrogen-bond donors (Lipinski definition) is 1. The van der Waals surface area contributed by atoms with Gasteiger partial charge in [0.2, 0.25) is 0 Å². The first-order chi connectivity index (χ1) is 12.1. The number of thiazole rings is 1. The Labute approximate surface area is 160 Å². The molecule has 25 heavy (non-hydrogen) atoms. The summed E-state index contributed by atoms with van der Waals surface area (Å²) in [5.41, 5.74) is 0.346. The molecule has 0 spiro atoms. The molecule has 3 rings (SSSR count). The summed E-state index contributed by atoms with van der Waals surface area (Å²) in [6.45, 7) is 4.71. The van der Waals surface area contributed by atoms with Gasteiger partial charge in [-0.05, 0) is 47.0 Å². The maximum absolute atomic E-state index is 11.6. The first-order valence-electron chi connectivity index (χ1n) is 8.45. The van der Waals surface area contributed by atoms with Gasteiger partial charge in [0, 0.05) is 16.9 Å². The SMILES string of the molecule is CCCOc1ccncc1C(O)(CCC)c1nc2cccc(Br)c2s1. The van der Waals surface area contributed by atoms with Crippen molar-refractivity contribution in [2.75, 3.05) is 6.61 Å². The smallest absolute Gasteiger partial charge is 0.146 e. The monoisotopic (exact) mass is 420 g/mol. The first-order valence-corrected chi connectivity index (χ1v) is 10.1. The minimum atomic E-state index is -1.21. The molecule has 1 unspecified atom stereocenters. The van der Waals surface area contributed by atoms with Crippen molar-refractivity contribution < 1.29 is 9.84 Å². The first kappa shape index (κ1) is 18.3. The molecule has 0 fully saturated rings. The fourth-order valence-electron chi connectivity index (χ4n) is 2.84. The van der Waals surface area contributed by atoms with E-state index < -0.39 is 5.60 Å². The van der Waals surface area contributed by atoms with Crippen LogP contribution in [0.15, 0.2) is 41.1 Å². The molecule has 4 nitrogen and oxygen atoms in total. The van der Waals surface area contributed by atoms with Crippen LogP contribution in [0.4, 0.5) is 0 Å². The van der Waals surface area contributed by atoms with Crippen molar-refractivity contribution in [3.8, 4) is 5.75 Å². The van der Waals surface area contributed by atoms with Crippen LogP contribution < -0.4 is 4.74 Å². The normalized spacial score (nSPS) is 13.8. The summed E-state index contributed by atoms with van der Waals surface area (Å²) >= 11 is 5.08. The van der Waals surface area contributed by atoms with Gasteiger partial charge in [-0.25, -0.2) is 4.98 Å². The van der Waals surface area contributed by atoms with Crippen molar-refractivity contribution in [2.24, 2.45) is 0 Å². The van der Waals surface area contributed by atoms with E-state index in [-0.39, 0.29) is 0 Å². The van der Waals surface area contributed by atoms with Crippen LogP contribution in [0.25, 0.3) is 10.2 Å². The van der Waals surface area contributed by atoms with E-state index in [0.29, 0.717) is 29.3 Å². The molecule has 2 heterocycles. The van der Waals surface area contributed by atoms with Gasteiger partial charge in [-0.3, -0.25) is 4.98 Å². The molecular weight excluding hydrogens is 400 g/mol. The van der Waals surface area contributed by atoms with E-state index >= 15 is 0 Å². The number of hydrogen-bond acceptors (Lipinski definition) is 5. The topological polar surface area (TPSA) is 55.2 Å². The molecule has 1 N–H and O–H groups in total. The minimum absolute atomic E-state index is 0.554. The van der Waals surface area contributed by atoms with Crippen molar-refractivity contribution in [2.45, 2.75) is 38.7 Å². The predicted octanol–water partition coefficient (Wildman–Crippen LogP) is 5.28. The third-order valence-electron chi connectivity index (χ3n) is 4.02. The van der Waals surface area contributed by atoms with Crippen molar-refractivity contribution in [1.29, 1.82) is 0 Å². The fraction of sp³-hybridized carbons (Fsp3) is 0.368. The lowest BCUT2D eigenvalue weighted by molar-refractivity contribution is 0.0661. The molecule has 0 amide bonds. The van der Waals surface area contributed by atoms with Crippen LogP contribution in [0.2, 0.25) is 0 Å². The lowest BCUT2D eigenvalue weighted by atomic mass is 9.90. The molecule has 0 saturated carbocycles. The number of aliphatic hydroxyl groups is 1. The lowest BCUT2D eigenvalue weighted by Crippen LogP contribution is -2.28. The van der Waals surface area contributed by atoms with Crippen molar-refractivity contribution in [3.05, 3.63) is 51.7 Å². The highest BCUT2D eigenvalue weighted by molar-refractivity contribution is 9.10. The zero-order valence-electron chi connectivity index (χ0n) is 14.3. The van der Waals surface area contributed by atoms with Crippen LogP contribution in [0, 0.1) is 0 Å². The van der Waals surface area contributed by atoms with Crippen LogP contribution in [0.3, 0.4) is 0 Å². The summed E-state index contributed by atoms with van der Waals surface area (Å²) < 4.78 is 7.89. The molecule has 0 aliphatic rings. The zero-order valence-corrected chi connectivity index (χ0v) is 16.7. The summed E-state index contributed by atoms with van der Waals surface area (Å²) in [6.07, 6.45) is 5.66.